The number of fused-ring (bicyclic) bond motifs is 1. The van der Waals surface area contributed by atoms with Gasteiger partial charge in [-0.25, -0.2) is 14.3 Å². The molecular weight excluding hydrogens is 691 g/mol. The molecule has 0 bridgehead atoms. The average molecular weight is 734 g/mol. The maximum absolute atomic E-state index is 13.4. The second kappa shape index (κ2) is 15.1. The minimum atomic E-state index is -0.611. The summed E-state index contributed by atoms with van der Waals surface area (Å²) in [6.07, 6.45) is 3.67. The molecule has 0 aliphatic carbocycles. The third kappa shape index (κ3) is 7.92. The van der Waals surface area contributed by atoms with Gasteiger partial charge in [0.05, 0.1) is 42.0 Å². The molecule has 6 rings (SSSR count). The van der Waals surface area contributed by atoms with Crippen molar-refractivity contribution >= 4 is 34.8 Å². The van der Waals surface area contributed by atoms with Gasteiger partial charge in [0.1, 0.15) is 16.9 Å². The number of hydrogen-bond acceptors (Lipinski definition) is 8. The molecule has 1 aliphatic rings. The third-order valence-corrected chi connectivity index (χ3v) is 9.55. The first-order valence-corrected chi connectivity index (χ1v) is 17.6. The zero-order valence-electron chi connectivity index (χ0n) is 29.6. The van der Waals surface area contributed by atoms with Gasteiger partial charge in [0.25, 0.3) is 5.56 Å². The van der Waals surface area contributed by atoms with Crippen molar-refractivity contribution in [2.75, 3.05) is 27.3 Å². The van der Waals surface area contributed by atoms with Crippen LogP contribution >= 0.6 is 23.2 Å². The molecule has 5 aromatic rings. The second-order valence-corrected chi connectivity index (χ2v) is 14.4. The molecule has 1 atom stereocenters. The number of rotatable bonds is 10. The quantitative estimate of drug-likeness (QED) is 0.158. The number of carbonyl (C=O) groups excluding carboxylic acids is 1. The SMILES string of the molecule is COc1nc(-c2cccc(-c3cccc(-c4cc5c(=O)n(C)c(CNC[C@@H]6CCCO6)nn5c4)c3Cl)c2Cl)ccc1CN(C)C(=O)OC(C)(C)C. The van der Waals surface area contributed by atoms with Crippen LogP contribution in [-0.2, 0) is 29.6 Å². The summed E-state index contributed by atoms with van der Waals surface area (Å²) in [4.78, 5) is 32.1. The molecule has 1 aliphatic heterocycles. The van der Waals surface area contributed by atoms with Crippen molar-refractivity contribution in [3.63, 3.8) is 0 Å². The fourth-order valence-corrected chi connectivity index (χ4v) is 6.76. The van der Waals surface area contributed by atoms with E-state index in [2.05, 4.69) is 5.32 Å². The van der Waals surface area contributed by atoms with Crippen LogP contribution in [0.2, 0.25) is 10.0 Å². The van der Waals surface area contributed by atoms with Gasteiger partial charge in [-0.3, -0.25) is 9.36 Å². The summed E-state index contributed by atoms with van der Waals surface area (Å²) >= 11 is 14.2. The highest BCUT2D eigenvalue weighted by Crippen LogP contribution is 2.42. The molecule has 13 heteroatoms. The standard InChI is InChI=1S/C38H42Cl2N6O5/c1-38(2,3)51-37(48)44(4)21-23-15-16-30(42-35(23)49-6)29-14-8-13-28(34(29)40)27-12-7-11-26(33(27)39)24-18-31-36(47)45(5)32(43-46(31)22-24)20-41-19-25-10-9-17-50-25/h7-8,11-16,18,22,25,41H,9-10,17,19-21H2,1-6H3/t25-/m0/s1. The number of ether oxygens (including phenoxy) is 3. The molecule has 0 radical (unpaired) electrons. The largest absolute Gasteiger partial charge is 0.481 e. The molecule has 1 fully saturated rings. The van der Waals surface area contributed by atoms with Crippen LogP contribution in [0, 0.1) is 0 Å². The smallest absolute Gasteiger partial charge is 0.410 e. The summed E-state index contributed by atoms with van der Waals surface area (Å²) in [5, 5.41) is 9.06. The van der Waals surface area contributed by atoms with Gasteiger partial charge in [0.2, 0.25) is 5.88 Å². The van der Waals surface area contributed by atoms with Crippen molar-refractivity contribution in [1.29, 1.82) is 0 Å². The van der Waals surface area contributed by atoms with E-state index in [-0.39, 0.29) is 18.2 Å². The number of benzene rings is 2. The number of halogens is 2. The fourth-order valence-electron chi connectivity index (χ4n) is 6.10. The third-order valence-electron chi connectivity index (χ3n) is 8.73. The Labute approximate surface area is 307 Å². The van der Waals surface area contributed by atoms with Gasteiger partial charge in [0.15, 0.2) is 0 Å². The lowest BCUT2D eigenvalue weighted by Crippen LogP contribution is -2.33. The van der Waals surface area contributed by atoms with Crippen molar-refractivity contribution in [1.82, 2.24) is 29.4 Å². The normalized spacial score (nSPS) is 14.6. The van der Waals surface area contributed by atoms with Crippen LogP contribution in [0.15, 0.2) is 65.6 Å². The van der Waals surface area contributed by atoms with E-state index >= 15 is 0 Å². The average Bonchev–Trinajstić information content (AvgIpc) is 3.77. The number of hydrogen-bond donors (Lipinski definition) is 1. The van der Waals surface area contributed by atoms with Crippen molar-refractivity contribution in [2.45, 2.75) is 58.4 Å². The van der Waals surface area contributed by atoms with Gasteiger partial charge >= 0.3 is 6.09 Å². The Bertz CT molecular complexity index is 2130. The Balaban J connectivity index is 1.28. The molecule has 1 amide bonds. The summed E-state index contributed by atoms with van der Waals surface area (Å²) in [5.74, 6) is 0.983. The molecule has 4 heterocycles. The number of amides is 1. The first kappa shape index (κ1) is 36.4. The van der Waals surface area contributed by atoms with Gasteiger partial charge < -0.3 is 24.4 Å². The second-order valence-electron chi connectivity index (χ2n) is 13.6. The number of methoxy groups -OCH3 is 1. The predicted octanol–water partition coefficient (Wildman–Crippen LogP) is 7.38. The van der Waals surface area contributed by atoms with Crippen molar-refractivity contribution in [3.8, 4) is 39.4 Å². The molecule has 1 saturated heterocycles. The molecule has 2 aromatic carbocycles. The summed E-state index contributed by atoms with van der Waals surface area (Å²) in [5.41, 5.74) is 4.59. The number of nitrogens with zero attached hydrogens (tertiary/aromatic N) is 5. The Morgan fingerprint density at radius 2 is 1.75 bits per heavy atom. The Hall–Kier alpha value is -4.42. The fraction of sp³-hybridized carbons (Fsp3) is 0.368. The monoisotopic (exact) mass is 732 g/mol. The van der Waals surface area contributed by atoms with E-state index in [0.29, 0.717) is 62.7 Å². The summed E-state index contributed by atoms with van der Waals surface area (Å²) in [7, 11) is 4.93. The van der Waals surface area contributed by atoms with E-state index in [0.717, 1.165) is 36.1 Å². The van der Waals surface area contributed by atoms with Gasteiger partial charge in [-0.2, -0.15) is 5.10 Å². The summed E-state index contributed by atoms with van der Waals surface area (Å²) in [6, 6.07) is 16.9. The molecule has 0 spiro atoms. The minimum Gasteiger partial charge on any atom is -0.481 e. The molecule has 1 N–H and O–H groups in total. The van der Waals surface area contributed by atoms with E-state index in [1.807, 2.05) is 75.5 Å². The van der Waals surface area contributed by atoms with Crippen LogP contribution < -0.4 is 15.6 Å². The van der Waals surface area contributed by atoms with E-state index in [9.17, 15) is 9.59 Å². The lowest BCUT2D eigenvalue weighted by Gasteiger charge is -2.25. The molecule has 3 aromatic heterocycles. The molecular formula is C38H42Cl2N6O5. The van der Waals surface area contributed by atoms with Crippen molar-refractivity contribution in [2.24, 2.45) is 7.05 Å². The molecule has 0 saturated carbocycles. The lowest BCUT2D eigenvalue weighted by atomic mass is 9.97. The highest BCUT2D eigenvalue weighted by atomic mass is 35.5. The number of carbonyl (C=O) groups is 1. The first-order valence-electron chi connectivity index (χ1n) is 16.8. The van der Waals surface area contributed by atoms with Crippen LogP contribution in [-0.4, -0.2) is 69.2 Å². The van der Waals surface area contributed by atoms with Crippen LogP contribution in [0.5, 0.6) is 5.88 Å². The zero-order chi connectivity index (χ0) is 36.4. The number of pyridine rings is 1. The van der Waals surface area contributed by atoms with Crippen LogP contribution in [0.3, 0.4) is 0 Å². The maximum Gasteiger partial charge on any atom is 0.410 e. The van der Waals surface area contributed by atoms with Crippen LogP contribution in [0.1, 0.15) is 45.0 Å². The Morgan fingerprint density at radius 1 is 1.06 bits per heavy atom. The zero-order valence-corrected chi connectivity index (χ0v) is 31.1. The number of nitrogens with one attached hydrogen (secondary N) is 1. The number of aromatic nitrogens is 4. The molecule has 51 heavy (non-hydrogen) atoms. The van der Waals surface area contributed by atoms with Crippen LogP contribution in [0.25, 0.3) is 39.0 Å². The van der Waals surface area contributed by atoms with Gasteiger partial charge in [-0.05, 0) is 51.8 Å². The lowest BCUT2D eigenvalue weighted by molar-refractivity contribution is 0.0284. The van der Waals surface area contributed by atoms with E-state index < -0.39 is 11.7 Å². The van der Waals surface area contributed by atoms with Crippen molar-refractivity contribution in [3.05, 3.63) is 92.6 Å². The maximum atomic E-state index is 13.4. The highest BCUT2D eigenvalue weighted by Gasteiger charge is 2.23. The highest BCUT2D eigenvalue weighted by molar-refractivity contribution is 6.39. The molecule has 11 nitrogen and oxygen atoms in total. The first-order chi connectivity index (χ1) is 24.3. The van der Waals surface area contributed by atoms with Gasteiger partial charge in [-0.15, -0.1) is 0 Å². The van der Waals surface area contributed by atoms with Crippen LogP contribution in [0.4, 0.5) is 4.79 Å². The van der Waals surface area contributed by atoms with E-state index in [4.69, 9.17) is 47.5 Å². The van der Waals surface area contributed by atoms with Gasteiger partial charge in [0, 0.05) is 66.8 Å². The molecule has 0 unspecified atom stereocenters. The summed E-state index contributed by atoms with van der Waals surface area (Å²) < 4.78 is 20.0. The topological polar surface area (TPSA) is 112 Å². The van der Waals surface area contributed by atoms with E-state index in [1.165, 1.54) is 12.0 Å². The summed E-state index contributed by atoms with van der Waals surface area (Å²) in [6.45, 7) is 7.65. The minimum absolute atomic E-state index is 0.154. The van der Waals surface area contributed by atoms with Crippen molar-refractivity contribution < 1.29 is 19.0 Å². The van der Waals surface area contributed by atoms with E-state index in [1.54, 1.807) is 29.2 Å². The molecule has 268 valence electrons. The predicted molar refractivity (Wildman–Crippen MR) is 199 cm³/mol. The van der Waals surface area contributed by atoms with Gasteiger partial charge in [-0.1, -0.05) is 59.6 Å². The Kier molecular flexibility index (Phi) is 10.7. The Morgan fingerprint density at radius 3 is 2.41 bits per heavy atom.